The molecule has 0 radical (unpaired) electrons. The number of hydrogen-bond acceptors (Lipinski definition) is 4. The van der Waals surface area contributed by atoms with E-state index in [2.05, 4.69) is 36.1 Å². The van der Waals surface area contributed by atoms with Crippen molar-refractivity contribution in [1.29, 1.82) is 0 Å². The van der Waals surface area contributed by atoms with E-state index >= 15 is 0 Å². The summed E-state index contributed by atoms with van der Waals surface area (Å²) in [6.07, 6.45) is 6.52. The number of hydrogen-bond donors (Lipinski definition) is 1. The minimum absolute atomic E-state index is 0.147. The zero-order valence-corrected chi connectivity index (χ0v) is 15.6. The number of carboxylic acid groups (broad SMARTS) is 1. The Morgan fingerprint density at radius 3 is 2.59 bits per heavy atom. The molecule has 0 aliphatic carbocycles. The van der Waals surface area contributed by atoms with Crippen molar-refractivity contribution in [2.24, 2.45) is 0 Å². The van der Waals surface area contributed by atoms with Crippen LogP contribution in [0.5, 0.6) is 0 Å². The number of aromatic nitrogens is 6. The normalized spacial score (nSPS) is 11.6. The third-order valence-electron chi connectivity index (χ3n) is 4.68. The van der Waals surface area contributed by atoms with Crippen LogP contribution in [0.15, 0.2) is 36.9 Å². The molecule has 0 spiro atoms. The molecule has 4 rings (SSSR count). The molecule has 8 nitrogen and oxygen atoms in total. The van der Waals surface area contributed by atoms with E-state index in [1.54, 1.807) is 9.20 Å². The highest BCUT2D eigenvalue weighted by Crippen LogP contribution is 2.32. The number of fused-ring (bicyclic) bond motifs is 1. The van der Waals surface area contributed by atoms with Gasteiger partial charge in [-0.2, -0.15) is 15.3 Å². The van der Waals surface area contributed by atoms with Crippen molar-refractivity contribution in [2.45, 2.75) is 33.7 Å². The number of nitrogens with zero attached hydrogens (tertiary/aromatic N) is 6. The Hall–Kier alpha value is -3.42. The first-order chi connectivity index (χ1) is 12.9. The van der Waals surface area contributed by atoms with E-state index in [1.165, 1.54) is 12.4 Å². The van der Waals surface area contributed by atoms with Crippen LogP contribution in [0.1, 0.15) is 41.6 Å². The molecule has 0 atom stereocenters. The molecule has 4 heterocycles. The van der Waals surface area contributed by atoms with Crippen molar-refractivity contribution in [3.05, 3.63) is 53.9 Å². The Balaban J connectivity index is 1.87. The van der Waals surface area contributed by atoms with Crippen molar-refractivity contribution in [3.63, 3.8) is 0 Å². The summed E-state index contributed by atoms with van der Waals surface area (Å²) in [5, 5.41) is 22.4. The van der Waals surface area contributed by atoms with Crippen molar-refractivity contribution in [3.8, 4) is 16.8 Å². The van der Waals surface area contributed by atoms with Crippen molar-refractivity contribution in [1.82, 2.24) is 29.2 Å². The van der Waals surface area contributed by atoms with Gasteiger partial charge in [-0.3, -0.25) is 4.68 Å². The SMILES string of the molecule is Cc1nn(C(C)C)c(C)c1-c1cnn2ccc(-n3cc(C(=O)O)cn3)cc12. The third kappa shape index (κ3) is 2.69. The Kier molecular flexibility index (Phi) is 3.83. The third-order valence-corrected chi connectivity index (χ3v) is 4.68. The van der Waals surface area contributed by atoms with Crippen LogP contribution in [-0.4, -0.2) is 40.3 Å². The van der Waals surface area contributed by atoms with E-state index in [-0.39, 0.29) is 11.6 Å². The molecule has 0 aliphatic heterocycles. The minimum atomic E-state index is -1.00. The number of rotatable bonds is 4. The summed E-state index contributed by atoms with van der Waals surface area (Å²) in [5.41, 5.74) is 5.93. The van der Waals surface area contributed by atoms with Crippen LogP contribution in [0.3, 0.4) is 0 Å². The van der Waals surface area contributed by atoms with Crippen LogP contribution in [0, 0.1) is 13.8 Å². The monoisotopic (exact) mass is 364 g/mol. The van der Waals surface area contributed by atoms with Gasteiger partial charge in [0, 0.05) is 35.3 Å². The summed E-state index contributed by atoms with van der Waals surface area (Å²) in [7, 11) is 0. The fourth-order valence-corrected chi connectivity index (χ4v) is 3.43. The molecule has 0 aromatic carbocycles. The second-order valence-corrected chi connectivity index (χ2v) is 6.84. The average molecular weight is 364 g/mol. The van der Waals surface area contributed by atoms with E-state index in [0.717, 1.165) is 33.7 Å². The molecular formula is C19H20N6O2. The van der Waals surface area contributed by atoms with Gasteiger partial charge in [-0.05, 0) is 39.8 Å². The zero-order valence-electron chi connectivity index (χ0n) is 15.6. The maximum atomic E-state index is 11.1. The summed E-state index contributed by atoms with van der Waals surface area (Å²) >= 11 is 0. The fourth-order valence-electron chi connectivity index (χ4n) is 3.43. The first-order valence-electron chi connectivity index (χ1n) is 8.68. The van der Waals surface area contributed by atoms with Gasteiger partial charge < -0.3 is 5.11 Å². The topological polar surface area (TPSA) is 90.2 Å². The standard InChI is InChI=1S/C19H20N6O2/c1-11(2)25-13(4)18(12(3)22-25)16-9-21-23-6-5-15(7-17(16)23)24-10-14(8-20-24)19(26)27/h5-11H,1-4H3,(H,26,27). The molecule has 8 heteroatoms. The fraction of sp³-hybridized carbons (Fsp3) is 0.263. The van der Waals surface area contributed by atoms with Crippen molar-refractivity contribution in [2.75, 3.05) is 0 Å². The Morgan fingerprint density at radius 2 is 1.96 bits per heavy atom. The zero-order chi connectivity index (χ0) is 19.3. The summed E-state index contributed by atoms with van der Waals surface area (Å²) in [4.78, 5) is 11.1. The lowest BCUT2D eigenvalue weighted by atomic mass is 10.1. The number of aryl methyl sites for hydroxylation is 1. The van der Waals surface area contributed by atoms with Gasteiger partial charge in [-0.25, -0.2) is 14.0 Å². The molecule has 138 valence electrons. The molecule has 0 saturated heterocycles. The smallest absolute Gasteiger partial charge is 0.338 e. The Morgan fingerprint density at radius 1 is 1.19 bits per heavy atom. The maximum absolute atomic E-state index is 11.1. The summed E-state index contributed by atoms with van der Waals surface area (Å²) in [6.45, 7) is 8.28. The number of aromatic carboxylic acids is 1. The quantitative estimate of drug-likeness (QED) is 0.600. The van der Waals surface area contributed by atoms with E-state index in [0.29, 0.717) is 0 Å². The van der Waals surface area contributed by atoms with Crippen molar-refractivity contribution >= 4 is 11.5 Å². The van der Waals surface area contributed by atoms with Crippen LogP contribution >= 0.6 is 0 Å². The van der Waals surface area contributed by atoms with E-state index in [4.69, 9.17) is 5.11 Å². The highest BCUT2D eigenvalue weighted by atomic mass is 16.4. The highest BCUT2D eigenvalue weighted by molar-refractivity contribution is 5.87. The molecule has 0 bridgehead atoms. The van der Waals surface area contributed by atoms with Gasteiger partial charge in [0.25, 0.3) is 0 Å². The van der Waals surface area contributed by atoms with Gasteiger partial charge in [-0.15, -0.1) is 0 Å². The van der Waals surface area contributed by atoms with Gasteiger partial charge in [0.1, 0.15) is 0 Å². The van der Waals surface area contributed by atoms with E-state index < -0.39 is 5.97 Å². The molecular weight excluding hydrogens is 344 g/mol. The van der Waals surface area contributed by atoms with Crippen LogP contribution < -0.4 is 0 Å². The second kappa shape index (κ2) is 6.08. The highest BCUT2D eigenvalue weighted by Gasteiger charge is 2.19. The predicted molar refractivity (Wildman–Crippen MR) is 100 cm³/mol. The molecule has 0 amide bonds. The lowest BCUT2D eigenvalue weighted by Gasteiger charge is -2.08. The minimum Gasteiger partial charge on any atom is -0.478 e. The molecule has 27 heavy (non-hydrogen) atoms. The van der Waals surface area contributed by atoms with Crippen molar-refractivity contribution < 1.29 is 9.90 Å². The number of carbonyl (C=O) groups is 1. The van der Waals surface area contributed by atoms with Gasteiger partial charge in [0.05, 0.1) is 34.9 Å². The number of pyridine rings is 1. The molecule has 4 aromatic heterocycles. The van der Waals surface area contributed by atoms with E-state index in [1.807, 2.05) is 36.1 Å². The summed E-state index contributed by atoms with van der Waals surface area (Å²) in [5.74, 6) is -1.00. The summed E-state index contributed by atoms with van der Waals surface area (Å²) < 4.78 is 5.37. The molecule has 4 aromatic rings. The van der Waals surface area contributed by atoms with Crippen LogP contribution in [0.2, 0.25) is 0 Å². The van der Waals surface area contributed by atoms with Gasteiger partial charge >= 0.3 is 5.97 Å². The molecule has 0 aliphatic rings. The maximum Gasteiger partial charge on any atom is 0.338 e. The van der Waals surface area contributed by atoms with Crippen LogP contribution in [0.4, 0.5) is 0 Å². The molecule has 0 unspecified atom stereocenters. The van der Waals surface area contributed by atoms with Crippen LogP contribution in [-0.2, 0) is 0 Å². The Bertz CT molecular complexity index is 1160. The lowest BCUT2D eigenvalue weighted by molar-refractivity contribution is 0.0697. The predicted octanol–water partition coefficient (Wildman–Crippen LogP) is 3.28. The van der Waals surface area contributed by atoms with Crippen LogP contribution in [0.25, 0.3) is 22.3 Å². The molecule has 1 N–H and O–H groups in total. The second-order valence-electron chi connectivity index (χ2n) is 6.84. The molecule has 0 fully saturated rings. The summed E-state index contributed by atoms with van der Waals surface area (Å²) in [6, 6.07) is 4.07. The Labute approximate surface area is 155 Å². The average Bonchev–Trinajstić information content (AvgIpc) is 3.32. The lowest BCUT2D eigenvalue weighted by Crippen LogP contribution is -2.04. The van der Waals surface area contributed by atoms with Gasteiger partial charge in [-0.1, -0.05) is 0 Å². The van der Waals surface area contributed by atoms with E-state index in [9.17, 15) is 4.79 Å². The first-order valence-corrected chi connectivity index (χ1v) is 8.68. The number of carboxylic acids is 1. The largest absolute Gasteiger partial charge is 0.478 e. The van der Waals surface area contributed by atoms with Gasteiger partial charge in [0.15, 0.2) is 0 Å². The van der Waals surface area contributed by atoms with Gasteiger partial charge in [0.2, 0.25) is 0 Å². The first kappa shape index (κ1) is 17.0. The molecule has 0 saturated carbocycles.